The molecule has 0 aliphatic heterocycles. The zero-order chi connectivity index (χ0) is 28.3. The Labute approximate surface area is 220 Å². The topological polar surface area (TPSA) is 114 Å². The molecule has 1 aromatic carbocycles. The third kappa shape index (κ3) is 9.79. The van der Waals surface area contributed by atoms with E-state index in [4.69, 9.17) is 15.9 Å². The minimum Gasteiger partial charge on any atom is -0.466 e. The number of hydrogen-bond donors (Lipinski definition) is 2. The number of nitrogens with one attached hydrogen (secondary N) is 2. The highest BCUT2D eigenvalue weighted by Crippen LogP contribution is 2.28. The molecule has 1 rings (SSSR count). The van der Waals surface area contributed by atoms with Crippen LogP contribution in [0.5, 0.6) is 0 Å². The molecule has 0 spiro atoms. The molecule has 3 amide bonds. The van der Waals surface area contributed by atoms with Gasteiger partial charge < -0.3 is 25.0 Å². The first-order valence-corrected chi connectivity index (χ1v) is 12.5. The van der Waals surface area contributed by atoms with Gasteiger partial charge in [-0.1, -0.05) is 38.0 Å². The molecule has 0 aromatic heterocycles. The van der Waals surface area contributed by atoms with Crippen LogP contribution in [0, 0.1) is 18.3 Å². The summed E-state index contributed by atoms with van der Waals surface area (Å²) in [6.07, 6.45) is 4.97. The molecule has 2 unspecified atom stereocenters. The summed E-state index contributed by atoms with van der Waals surface area (Å²) in [4.78, 5) is 53.3. The molecule has 0 heterocycles. The fourth-order valence-corrected chi connectivity index (χ4v) is 3.69. The summed E-state index contributed by atoms with van der Waals surface area (Å²) in [6.45, 7) is 14.3. The Hall–Kier alpha value is -3.54. The third-order valence-corrected chi connectivity index (χ3v) is 5.29. The maximum atomic E-state index is 14.0. The molecule has 0 saturated carbocycles. The van der Waals surface area contributed by atoms with Crippen LogP contribution in [0.1, 0.15) is 79.0 Å². The van der Waals surface area contributed by atoms with Crippen molar-refractivity contribution in [1.82, 2.24) is 15.5 Å². The zero-order valence-electron chi connectivity index (χ0n) is 23.2. The van der Waals surface area contributed by atoms with Crippen LogP contribution in [0.25, 0.3) is 0 Å². The number of esters is 1. The first-order chi connectivity index (χ1) is 17.2. The maximum Gasteiger partial charge on any atom is 0.408 e. The van der Waals surface area contributed by atoms with Crippen LogP contribution >= 0.6 is 0 Å². The molecule has 0 fully saturated rings. The molecule has 0 saturated heterocycles. The van der Waals surface area contributed by atoms with Crippen molar-refractivity contribution < 1.29 is 28.7 Å². The van der Waals surface area contributed by atoms with Gasteiger partial charge in [0, 0.05) is 18.2 Å². The molecular formula is C28H41N3O6. The van der Waals surface area contributed by atoms with Gasteiger partial charge in [-0.05, 0) is 59.1 Å². The van der Waals surface area contributed by atoms with Crippen molar-refractivity contribution in [2.75, 3.05) is 13.2 Å². The second-order valence-electron chi connectivity index (χ2n) is 10.2. The number of ether oxygens (including phenoxy) is 2. The number of carbonyl (C=O) groups is 4. The predicted octanol–water partition coefficient (Wildman–Crippen LogP) is 3.56. The fourth-order valence-electron chi connectivity index (χ4n) is 3.69. The van der Waals surface area contributed by atoms with Gasteiger partial charge in [-0.25, -0.2) is 4.79 Å². The standard InChI is InChI=1S/C28H41N3O6/c1-10-20-14-12-13-15-21(20)24(25(33)29-17-16-22(32)36-11-2)31(19(5)6)26(34)23(18(3)4)30-27(35)37-28(7,8)9/h1,12-15,18-19,23-24H,11,16-17H2,2-9H3,(H,29,33)(H,30,35). The van der Waals surface area contributed by atoms with Crippen molar-refractivity contribution in [2.45, 2.75) is 85.5 Å². The number of alkyl carbamates (subject to hydrolysis) is 1. The van der Waals surface area contributed by atoms with Crippen molar-refractivity contribution in [2.24, 2.45) is 5.92 Å². The van der Waals surface area contributed by atoms with Crippen LogP contribution in [-0.4, -0.2) is 59.6 Å². The minimum atomic E-state index is -1.11. The number of nitrogens with zero attached hydrogens (tertiary/aromatic N) is 1. The Kier molecular flexibility index (Phi) is 12.1. The first-order valence-electron chi connectivity index (χ1n) is 12.5. The van der Waals surface area contributed by atoms with Crippen molar-refractivity contribution in [3.8, 4) is 12.3 Å². The molecule has 37 heavy (non-hydrogen) atoms. The summed E-state index contributed by atoms with van der Waals surface area (Å²) in [5.74, 6) is 0.861. The summed E-state index contributed by atoms with van der Waals surface area (Å²) < 4.78 is 10.3. The van der Waals surface area contributed by atoms with Gasteiger partial charge in [0.2, 0.25) is 11.8 Å². The number of carbonyl (C=O) groups excluding carboxylic acids is 4. The van der Waals surface area contributed by atoms with Gasteiger partial charge in [0.05, 0.1) is 13.0 Å². The van der Waals surface area contributed by atoms with E-state index < -0.39 is 47.6 Å². The molecule has 9 heteroatoms. The highest BCUT2D eigenvalue weighted by atomic mass is 16.6. The molecule has 2 atom stereocenters. The highest BCUT2D eigenvalue weighted by molar-refractivity contribution is 5.93. The van der Waals surface area contributed by atoms with Gasteiger partial charge in [0.25, 0.3) is 0 Å². The average molecular weight is 516 g/mol. The molecule has 0 bridgehead atoms. The average Bonchev–Trinajstić information content (AvgIpc) is 2.79. The van der Waals surface area contributed by atoms with Crippen molar-refractivity contribution in [3.05, 3.63) is 35.4 Å². The molecule has 0 aliphatic rings. The zero-order valence-corrected chi connectivity index (χ0v) is 23.2. The Bertz CT molecular complexity index is 990. The minimum absolute atomic E-state index is 0.0203. The summed E-state index contributed by atoms with van der Waals surface area (Å²) >= 11 is 0. The smallest absolute Gasteiger partial charge is 0.408 e. The van der Waals surface area contributed by atoms with E-state index in [1.807, 2.05) is 0 Å². The molecule has 204 valence electrons. The molecule has 9 nitrogen and oxygen atoms in total. The summed E-state index contributed by atoms with van der Waals surface area (Å²) in [7, 11) is 0. The van der Waals surface area contributed by atoms with Crippen molar-refractivity contribution in [1.29, 1.82) is 0 Å². The first kappa shape index (κ1) is 31.5. The van der Waals surface area contributed by atoms with Crippen LogP contribution in [0.3, 0.4) is 0 Å². The third-order valence-electron chi connectivity index (χ3n) is 5.29. The summed E-state index contributed by atoms with van der Waals surface area (Å²) in [5.41, 5.74) is 0.160. The fraction of sp³-hybridized carbons (Fsp3) is 0.571. The van der Waals surface area contributed by atoms with E-state index in [0.717, 1.165) is 0 Å². The van der Waals surface area contributed by atoms with Gasteiger partial charge in [-0.2, -0.15) is 0 Å². The van der Waals surface area contributed by atoms with Crippen LogP contribution < -0.4 is 10.6 Å². The number of rotatable bonds is 11. The molecule has 1 aromatic rings. The van der Waals surface area contributed by atoms with E-state index >= 15 is 0 Å². The van der Waals surface area contributed by atoms with Crippen molar-refractivity contribution >= 4 is 23.9 Å². The normalized spacial score (nSPS) is 12.8. The van der Waals surface area contributed by atoms with Gasteiger partial charge in [0.1, 0.15) is 17.7 Å². The van der Waals surface area contributed by atoms with Crippen LogP contribution in [0.4, 0.5) is 4.79 Å². The summed E-state index contributed by atoms with van der Waals surface area (Å²) in [5, 5.41) is 5.41. The van der Waals surface area contributed by atoms with E-state index in [2.05, 4.69) is 16.6 Å². The molecular weight excluding hydrogens is 474 g/mol. The molecule has 2 N–H and O–H groups in total. The van der Waals surface area contributed by atoms with Gasteiger partial charge >= 0.3 is 12.1 Å². The van der Waals surface area contributed by atoms with E-state index in [9.17, 15) is 19.2 Å². The number of amides is 3. The van der Waals surface area contributed by atoms with E-state index in [-0.39, 0.29) is 25.5 Å². The van der Waals surface area contributed by atoms with Crippen molar-refractivity contribution in [3.63, 3.8) is 0 Å². The molecule has 0 aliphatic carbocycles. The lowest BCUT2D eigenvalue weighted by Gasteiger charge is -2.38. The lowest BCUT2D eigenvalue weighted by molar-refractivity contribution is -0.146. The van der Waals surface area contributed by atoms with E-state index in [0.29, 0.717) is 11.1 Å². The predicted molar refractivity (Wildman–Crippen MR) is 141 cm³/mol. The van der Waals surface area contributed by atoms with E-state index in [1.54, 1.807) is 79.7 Å². The van der Waals surface area contributed by atoms with Gasteiger partial charge in [0.15, 0.2) is 0 Å². The van der Waals surface area contributed by atoms with Crippen LogP contribution in [0.2, 0.25) is 0 Å². The second-order valence-corrected chi connectivity index (χ2v) is 10.2. The molecule has 0 radical (unpaired) electrons. The quantitative estimate of drug-likeness (QED) is 0.344. The lowest BCUT2D eigenvalue weighted by atomic mass is 9.94. The summed E-state index contributed by atoms with van der Waals surface area (Å²) in [6, 6.07) is 4.35. The number of terminal acetylenes is 1. The number of hydrogen-bond acceptors (Lipinski definition) is 6. The maximum absolute atomic E-state index is 14.0. The largest absolute Gasteiger partial charge is 0.466 e. The number of benzene rings is 1. The lowest BCUT2D eigenvalue weighted by Crippen LogP contribution is -2.56. The highest BCUT2D eigenvalue weighted by Gasteiger charge is 2.39. The Morgan fingerprint density at radius 3 is 2.22 bits per heavy atom. The second kappa shape index (κ2) is 14.3. The Morgan fingerprint density at radius 2 is 1.70 bits per heavy atom. The Morgan fingerprint density at radius 1 is 1.08 bits per heavy atom. The van der Waals surface area contributed by atoms with Gasteiger partial charge in [-0.15, -0.1) is 6.42 Å². The Balaban J connectivity index is 3.44. The monoisotopic (exact) mass is 515 g/mol. The van der Waals surface area contributed by atoms with E-state index in [1.165, 1.54) is 4.90 Å². The van der Waals surface area contributed by atoms with Crippen LogP contribution in [-0.2, 0) is 23.9 Å². The SMILES string of the molecule is C#Cc1ccccc1C(C(=O)NCCC(=O)OCC)N(C(=O)C(NC(=O)OC(C)(C)C)C(C)C)C(C)C. The van der Waals surface area contributed by atoms with Gasteiger partial charge in [-0.3, -0.25) is 14.4 Å². The van der Waals surface area contributed by atoms with Crippen LogP contribution in [0.15, 0.2) is 24.3 Å².